The third-order valence-electron chi connectivity index (χ3n) is 0.510. The summed E-state index contributed by atoms with van der Waals surface area (Å²) in [4.78, 5) is 0. The van der Waals surface area contributed by atoms with E-state index in [-0.39, 0.29) is 5.17 Å². The first-order valence-electron chi connectivity index (χ1n) is 2.34. The second-order valence-electron chi connectivity index (χ2n) is 1.49. The van der Waals surface area contributed by atoms with Crippen molar-refractivity contribution in [3.63, 3.8) is 0 Å². The van der Waals surface area contributed by atoms with E-state index in [1.54, 1.807) is 0 Å². The van der Waals surface area contributed by atoms with Crippen LogP contribution in [-0.4, -0.2) is 16.5 Å². The van der Waals surface area contributed by atoms with Crippen LogP contribution in [0.3, 0.4) is 0 Å². The topological polar surface area (TPSA) is 24.7 Å². The molecule has 0 radical (unpaired) electrons. The van der Waals surface area contributed by atoms with E-state index in [1.807, 2.05) is 0 Å². The first-order chi connectivity index (χ1) is 4.84. The van der Waals surface area contributed by atoms with Gasteiger partial charge in [0.25, 0.3) is 0 Å². The molecule has 0 unspecified atom stereocenters. The summed E-state index contributed by atoms with van der Waals surface area (Å²) in [5.74, 6) is 0. The third-order valence-corrected chi connectivity index (χ3v) is 0.875. The Morgan fingerprint density at radius 3 is 1.91 bits per heavy atom. The Balaban J connectivity index is 4.36. The minimum atomic E-state index is -4.66. The van der Waals surface area contributed by atoms with E-state index in [0.717, 1.165) is 0 Å². The van der Waals surface area contributed by atoms with Crippen LogP contribution in [0.2, 0.25) is 0 Å². The largest absolute Gasteiger partial charge is 0.446 e. The lowest BCUT2D eigenvalue weighted by Crippen LogP contribution is -2.16. The van der Waals surface area contributed by atoms with Crippen molar-refractivity contribution in [2.75, 3.05) is 0 Å². The highest BCUT2D eigenvalue weighted by Gasteiger charge is 2.34. The Hall–Kier alpha value is -0.290. The summed E-state index contributed by atoms with van der Waals surface area (Å²) in [7, 11) is 0. The van der Waals surface area contributed by atoms with Gasteiger partial charge in [0.2, 0.25) is 5.17 Å². The summed E-state index contributed by atoms with van der Waals surface area (Å²) < 4.78 is 34.6. The third kappa shape index (κ3) is 5.03. The fraction of sp³-hybridized carbons (Fsp3) is 0.500. The summed E-state index contributed by atoms with van der Waals surface area (Å²) >= 11 is 9.75. The number of hydrogen-bond donors (Lipinski definition) is 0. The molecule has 2 nitrogen and oxygen atoms in total. The molecule has 11 heavy (non-hydrogen) atoms. The molecular formula is C4H3Cl2F3N2. The van der Waals surface area contributed by atoms with Gasteiger partial charge in [-0.15, -0.1) is 10.2 Å². The molecule has 0 amide bonds. The Morgan fingerprint density at radius 1 is 1.18 bits per heavy atom. The van der Waals surface area contributed by atoms with Crippen LogP contribution in [0.4, 0.5) is 13.2 Å². The number of hydrogen-bond acceptors (Lipinski definition) is 2. The Morgan fingerprint density at radius 2 is 1.64 bits per heavy atom. The Bertz CT molecular complexity index is 192. The predicted octanol–water partition coefficient (Wildman–Crippen LogP) is 2.76. The van der Waals surface area contributed by atoms with Gasteiger partial charge < -0.3 is 0 Å². The first kappa shape index (κ1) is 10.7. The van der Waals surface area contributed by atoms with Crippen molar-refractivity contribution >= 4 is 33.5 Å². The number of nitrogens with zero attached hydrogens (tertiary/aromatic N) is 2. The molecular weight excluding hydrogens is 204 g/mol. The molecule has 0 saturated heterocycles. The molecule has 0 saturated carbocycles. The van der Waals surface area contributed by atoms with Crippen LogP contribution in [-0.2, 0) is 0 Å². The van der Waals surface area contributed by atoms with Crippen molar-refractivity contribution in [2.45, 2.75) is 13.1 Å². The van der Waals surface area contributed by atoms with Crippen LogP contribution < -0.4 is 0 Å². The van der Waals surface area contributed by atoms with Crippen molar-refractivity contribution in [3.8, 4) is 0 Å². The minimum absolute atomic E-state index is 0.118. The molecule has 64 valence electrons. The van der Waals surface area contributed by atoms with Gasteiger partial charge in [-0.2, -0.15) is 13.2 Å². The maximum absolute atomic E-state index is 11.5. The van der Waals surface area contributed by atoms with E-state index in [9.17, 15) is 13.2 Å². The van der Waals surface area contributed by atoms with Gasteiger partial charge in [0.1, 0.15) is 5.17 Å². The van der Waals surface area contributed by atoms with Gasteiger partial charge in [-0.3, -0.25) is 0 Å². The SMILES string of the molecule is C/C(Cl)=N/N=C(\Cl)C(F)(F)F. The summed E-state index contributed by atoms with van der Waals surface area (Å²) in [5, 5.41) is 3.85. The molecule has 0 aliphatic rings. The molecule has 0 N–H and O–H groups in total. The predicted molar refractivity (Wildman–Crippen MR) is 38.3 cm³/mol. The monoisotopic (exact) mass is 206 g/mol. The molecule has 0 fully saturated rings. The second-order valence-corrected chi connectivity index (χ2v) is 2.39. The number of alkyl halides is 3. The van der Waals surface area contributed by atoms with Gasteiger partial charge in [-0.05, 0) is 6.92 Å². The molecule has 0 spiro atoms. The zero-order chi connectivity index (χ0) is 9.07. The van der Waals surface area contributed by atoms with Crippen LogP contribution in [0.1, 0.15) is 6.92 Å². The maximum atomic E-state index is 11.5. The lowest BCUT2D eigenvalue weighted by molar-refractivity contribution is -0.0560. The fourth-order valence-corrected chi connectivity index (χ4v) is 0.245. The normalized spacial score (nSPS) is 15.5. The lowest BCUT2D eigenvalue weighted by Gasteiger charge is -1.99. The first-order valence-corrected chi connectivity index (χ1v) is 3.10. The van der Waals surface area contributed by atoms with Gasteiger partial charge in [0, 0.05) is 0 Å². The van der Waals surface area contributed by atoms with E-state index in [0.29, 0.717) is 0 Å². The number of halogens is 5. The van der Waals surface area contributed by atoms with E-state index in [4.69, 9.17) is 11.6 Å². The molecule has 0 bridgehead atoms. The van der Waals surface area contributed by atoms with E-state index in [1.165, 1.54) is 6.92 Å². The Labute approximate surface area is 70.7 Å². The highest BCUT2D eigenvalue weighted by Crippen LogP contribution is 2.19. The molecule has 0 atom stereocenters. The van der Waals surface area contributed by atoms with Crippen LogP contribution >= 0.6 is 23.2 Å². The molecule has 0 aliphatic heterocycles. The zero-order valence-electron chi connectivity index (χ0n) is 5.28. The van der Waals surface area contributed by atoms with E-state index in [2.05, 4.69) is 21.8 Å². The van der Waals surface area contributed by atoms with Crippen LogP contribution in [0.25, 0.3) is 0 Å². The quantitative estimate of drug-likeness (QED) is 0.466. The van der Waals surface area contributed by atoms with Crippen molar-refractivity contribution in [3.05, 3.63) is 0 Å². The van der Waals surface area contributed by atoms with Gasteiger partial charge in [-0.1, -0.05) is 23.2 Å². The number of rotatable bonds is 1. The lowest BCUT2D eigenvalue weighted by atomic mass is 10.7. The molecule has 0 aromatic rings. The summed E-state index contributed by atoms with van der Waals surface area (Å²) in [6.07, 6.45) is -4.66. The van der Waals surface area contributed by atoms with Crippen LogP contribution in [0.5, 0.6) is 0 Å². The van der Waals surface area contributed by atoms with Gasteiger partial charge >= 0.3 is 6.18 Å². The van der Waals surface area contributed by atoms with Crippen molar-refractivity contribution in [1.29, 1.82) is 0 Å². The average molecular weight is 207 g/mol. The standard InChI is InChI=1S/C4H3Cl2F3N2/c1-2(5)10-11-3(6)4(7,8)9/h1H3/b10-2-,11-3-. The molecule has 0 aliphatic carbocycles. The fourth-order valence-electron chi connectivity index (χ4n) is 0.169. The maximum Gasteiger partial charge on any atom is 0.446 e. The van der Waals surface area contributed by atoms with Crippen LogP contribution in [0, 0.1) is 0 Å². The zero-order valence-corrected chi connectivity index (χ0v) is 6.80. The molecule has 0 aromatic carbocycles. The molecule has 0 rings (SSSR count). The van der Waals surface area contributed by atoms with Crippen LogP contribution in [0.15, 0.2) is 10.2 Å². The molecule has 0 heterocycles. The van der Waals surface area contributed by atoms with Crippen molar-refractivity contribution in [1.82, 2.24) is 0 Å². The van der Waals surface area contributed by atoms with E-state index < -0.39 is 11.3 Å². The van der Waals surface area contributed by atoms with E-state index >= 15 is 0 Å². The minimum Gasteiger partial charge on any atom is -0.164 e. The smallest absolute Gasteiger partial charge is 0.164 e. The highest BCUT2D eigenvalue weighted by molar-refractivity contribution is 6.67. The molecule has 0 aromatic heterocycles. The Kier molecular flexibility index (Phi) is 3.82. The van der Waals surface area contributed by atoms with Gasteiger partial charge in [-0.25, -0.2) is 0 Å². The highest BCUT2D eigenvalue weighted by atomic mass is 35.5. The second kappa shape index (κ2) is 3.92. The van der Waals surface area contributed by atoms with Crippen molar-refractivity contribution in [2.24, 2.45) is 10.2 Å². The molecule has 7 heteroatoms. The average Bonchev–Trinajstić information content (AvgIpc) is 1.80. The summed E-state index contributed by atoms with van der Waals surface area (Å²) in [5.41, 5.74) is 0. The van der Waals surface area contributed by atoms with Crippen molar-refractivity contribution < 1.29 is 13.2 Å². The summed E-state index contributed by atoms with van der Waals surface area (Å²) in [6.45, 7) is 1.28. The van der Waals surface area contributed by atoms with Gasteiger partial charge in [0.05, 0.1) is 0 Å². The summed E-state index contributed by atoms with van der Waals surface area (Å²) in [6, 6.07) is 0. The van der Waals surface area contributed by atoms with Gasteiger partial charge in [0.15, 0.2) is 0 Å².